The molecule has 0 radical (unpaired) electrons. The Labute approximate surface area is 178 Å². The molecule has 7 nitrogen and oxygen atoms in total. The molecule has 0 aliphatic heterocycles. The maximum atomic E-state index is 12.6. The van der Waals surface area contributed by atoms with Crippen LogP contribution in [0.4, 0.5) is 0 Å². The van der Waals surface area contributed by atoms with Crippen LogP contribution in [0.5, 0.6) is 5.88 Å². The van der Waals surface area contributed by atoms with Gasteiger partial charge < -0.3 is 15.0 Å². The molecular weight excluding hydrogens is 400 g/mol. The number of ether oxygens (including phenoxy) is 1. The molecule has 3 aromatic rings. The van der Waals surface area contributed by atoms with Crippen LogP contribution in [0.15, 0.2) is 54.0 Å². The minimum Gasteiger partial charge on any atom is -0.477 e. The number of nitrogens with zero attached hydrogens (tertiary/aromatic N) is 2. The topological polar surface area (TPSA) is 89.0 Å². The lowest BCUT2D eigenvalue weighted by Crippen LogP contribution is -2.24. The van der Waals surface area contributed by atoms with Crippen LogP contribution in [0.1, 0.15) is 28.8 Å². The van der Waals surface area contributed by atoms with E-state index < -0.39 is 0 Å². The zero-order chi connectivity index (χ0) is 21.1. The number of aromatic amines is 1. The van der Waals surface area contributed by atoms with Crippen molar-refractivity contribution in [2.75, 3.05) is 6.61 Å². The quantitative estimate of drug-likeness (QED) is 0.429. The Morgan fingerprint density at radius 3 is 2.97 bits per heavy atom. The summed E-state index contributed by atoms with van der Waals surface area (Å²) in [5.41, 5.74) is 1.65. The molecule has 0 spiro atoms. The average Bonchev–Trinajstić information content (AvgIpc) is 3.58. The Morgan fingerprint density at radius 1 is 1.37 bits per heavy atom. The van der Waals surface area contributed by atoms with Crippen molar-refractivity contribution in [1.29, 1.82) is 0 Å². The maximum Gasteiger partial charge on any atom is 0.262 e. The fraction of sp³-hybridized carbons (Fsp3) is 0.273. The lowest BCUT2D eigenvalue weighted by Gasteiger charge is -2.09. The number of pyridine rings is 1. The number of carbonyl (C=O) groups excluding carboxylic acids is 1. The largest absolute Gasteiger partial charge is 0.477 e. The first-order valence-electron chi connectivity index (χ1n) is 9.79. The number of nitrogens with one attached hydrogen (secondary N) is 2. The van der Waals surface area contributed by atoms with Crippen molar-refractivity contribution in [2.45, 2.75) is 25.9 Å². The predicted molar refractivity (Wildman–Crippen MR) is 117 cm³/mol. The molecule has 0 bridgehead atoms. The first kappa shape index (κ1) is 20.0. The molecule has 1 saturated carbocycles. The molecule has 8 heteroatoms. The van der Waals surface area contributed by atoms with E-state index in [4.69, 9.17) is 17.0 Å². The molecule has 4 rings (SSSR count). The minimum atomic E-state index is -0.247. The number of aromatic nitrogens is 3. The molecule has 2 heterocycles. The summed E-state index contributed by atoms with van der Waals surface area (Å²) in [6, 6.07) is 8.57. The number of fused-ring (bicyclic) bond motifs is 1. The summed E-state index contributed by atoms with van der Waals surface area (Å²) in [7, 11) is 0. The normalized spacial score (nSPS) is 13.2. The van der Waals surface area contributed by atoms with Gasteiger partial charge in [0.05, 0.1) is 17.5 Å². The van der Waals surface area contributed by atoms with Crippen molar-refractivity contribution in [3.63, 3.8) is 0 Å². The van der Waals surface area contributed by atoms with Gasteiger partial charge in [-0.25, -0.2) is 4.98 Å². The van der Waals surface area contributed by atoms with Gasteiger partial charge in [-0.15, -0.1) is 6.58 Å². The zero-order valence-corrected chi connectivity index (χ0v) is 17.2. The van der Waals surface area contributed by atoms with E-state index in [1.54, 1.807) is 30.5 Å². The van der Waals surface area contributed by atoms with Crippen molar-refractivity contribution in [3.8, 4) is 5.88 Å². The van der Waals surface area contributed by atoms with Crippen molar-refractivity contribution in [3.05, 3.63) is 75.4 Å². The Kier molecular flexibility index (Phi) is 5.76. The number of hydrogen-bond acceptors (Lipinski definition) is 5. The minimum absolute atomic E-state index is 0.212. The van der Waals surface area contributed by atoms with Gasteiger partial charge in [0.15, 0.2) is 4.77 Å². The van der Waals surface area contributed by atoms with Gasteiger partial charge in [0.2, 0.25) is 5.88 Å². The van der Waals surface area contributed by atoms with Crippen molar-refractivity contribution in [1.82, 2.24) is 19.9 Å². The van der Waals surface area contributed by atoms with E-state index in [9.17, 15) is 9.59 Å². The van der Waals surface area contributed by atoms with E-state index >= 15 is 0 Å². The molecule has 1 amide bonds. The lowest BCUT2D eigenvalue weighted by atomic mass is 10.1. The standard InChI is InChI=1S/C22H22N4O3S/c1-2-9-26-21(28)17-6-5-16(11-18(17)25-22(26)30)20(27)24-12-15-7-8-23-19(10-15)29-13-14-3-4-14/h2,5-8,10-11,14H,1,3-4,9,12-13H2,(H,24,27)(H,25,30). The van der Waals surface area contributed by atoms with Crippen LogP contribution in [-0.2, 0) is 13.1 Å². The number of carbonyl (C=O) groups is 1. The maximum absolute atomic E-state index is 12.6. The van der Waals surface area contributed by atoms with Gasteiger partial charge >= 0.3 is 0 Å². The third-order valence-corrected chi connectivity index (χ3v) is 5.29. The summed E-state index contributed by atoms with van der Waals surface area (Å²) >= 11 is 5.25. The van der Waals surface area contributed by atoms with Gasteiger partial charge in [0.1, 0.15) is 0 Å². The molecule has 0 unspecified atom stereocenters. The van der Waals surface area contributed by atoms with E-state index in [1.807, 2.05) is 12.1 Å². The molecule has 1 aliphatic carbocycles. The first-order valence-corrected chi connectivity index (χ1v) is 10.2. The summed E-state index contributed by atoms with van der Waals surface area (Å²) < 4.78 is 7.40. The summed E-state index contributed by atoms with van der Waals surface area (Å²) in [5, 5.41) is 3.35. The number of hydrogen-bond donors (Lipinski definition) is 2. The molecule has 2 N–H and O–H groups in total. The molecule has 0 atom stereocenters. The Hall–Kier alpha value is -3.26. The third kappa shape index (κ3) is 4.49. The smallest absolute Gasteiger partial charge is 0.262 e. The van der Waals surface area contributed by atoms with Gasteiger partial charge in [-0.2, -0.15) is 0 Å². The van der Waals surface area contributed by atoms with Crippen LogP contribution in [0, 0.1) is 10.7 Å². The molecule has 0 saturated heterocycles. The van der Waals surface area contributed by atoms with E-state index in [0.717, 1.165) is 5.56 Å². The molecule has 1 aliphatic rings. The monoisotopic (exact) mass is 422 g/mol. The van der Waals surface area contributed by atoms with Crippen LogP contribution in [0.2, 0.25) is 0 Å². The number of amides is 1. The van der Waals surface area contributed by atoms with Gasteiger partial charge in [-0.3, -0.25) is 14.2 Å². The van der Waals surface area contributed by atoms with E-state index in [1.165, 1.54) is 17.4 Å². The fourth-order valence-electron chi connectivity index (χ4n) is 3.10. The van der Waals surface area contributed by atoms with Crippen molar-refractivity contribution in [2.24, 2.45) is 5.92 Å². The number of rotatable bonds is 8. The van der Waals surface area contributed by atoms with Crippen LogP contribution in [0.3, 0.4) is 0 Å². The zero-order valence-electron chi connectivity index (χ0n) is 16.4. The van der Waals surface area contributed by atoms with Crippen LogP contribution in [0.25, 0.3) is 10.9 Å². The number of H-pyrrole nitrogens is 1. The number of benzene rings is 1. The Balaban J connectivity index is 1.47. The highest BCUT2D eigenvalue weighted by atomic mass is 32.1. The second-order valence-corrected chi connectivity index (χ2v) is 7.72. The Morgan fingerprint density at radius 2 is 2.20 bits per heavy atom. The molecule has 154 valence electrons. The highest BCUT2D eigenvalue weighted by Crippen LogP contribution is 2.29. The fourth-order valence-corrected chi connectivity index (χ4v) is 3.37. The SMILES string of the molecule is C=CCn1c(=S)[nH]c2cc(C(=O)NCc3ccnc(OCC4CC4)c3)ccc2c1=O. The first-order chi connectivity index (χ1) is 14.5. The second-order valence-electron chi connectivity index (χ2n) is 7.33. The van der Waals surface area contributed by atoms with E-state index in [2.05, 4.69) is 21.9 Å². The predicted octanol–water partition coefficient (Wildman–Crippen LogP) is 3.36. The van der Waals surface area contributed by atoms with Crippen LogP contribution < -0.4 is 15.6 Å². The van der Waals surface area contributed by atoms with Gasteiger partial charge in [0.25, 0.3) is 11.5 Å². The second kappa shape index (κ2) is 8.62. The summed E-state index contributed by atoms with van der Waals surface area (Å²) in [4.78, 5) is 32.4. The van der Waals surface area contributed by atoms with Gasteiger partial charge in [-0.05, 0) is 60.8 Å². The average molecular weight is 423 g/mol. The van der Waals surface area contributed by atoms with Crippen LogP contribution in [-0.4, -0.2) is 27.0 Å². The van der Waals surface area contributed by atoms with Crippen LogP contribution >= 0.6 is 12.2 Å². The van der Waals surface area contributed by atoms with E-state index in [0.29, 0.717) is 52.7 Å². The Bertz CT molecular complexity index is 1230. The van der Waals surface area contributed by atoms with Gasteiger partial charge in [-0.1, -0.05) is 6.08 Å². The van der Waals surface area contributed by atoms with Crippen molar-refractivity contribution < 1.29 is 9.53 Å². The highest BCUT2D eigenvalue weighted by molar-refractivity contribution is 7.71. The molecule has 30 heavy (non-hydrogen) atoms. The lowest BCUT2D eigenvalue weighted by molar-refractivity contribution is 0.0951. The summed E-state index contributed by atoms with van der Waals surface area (Å²) in [6.07, 6.45) is 5.72. The van der Waals surface area contributed by atoms with Crippen molar-refractivity contribution >= 4 is 29.0 Å². The summed E-state index contributed by atoms with van der Waals surface area (Å²) in [6.45, 7) is 5.00. The molecule has 1 aromatic carbocycles. The summed E-state index contributed by atoms with van der Waals surface area (Å²) in [5.74, 6) is 0.975. The molecule has 1 fully saturated rings. The third-order valence-electron chi connectivity index (χ3n) is 4.97. The van der Waals surface area contributed by atoms with Gasteiger partial charge in [0, 0.05) is 30.9 Å². The highest BCUT2D eigenvalue weighted by Gasteiger charge is 2.22. The molecule has 2 aromatic heterocycles. The van der Waals surface area contributed by atoms with E-state index in [-0.39, 0.29) is 11.5 Å². The number of allylic oxidation sites excluding steroid dienone is 1. The molecular formula is C22H22N4O3S.